The van der Waals surface area contributed by atoms with Crippen LogP contribution in [0, 0.1) is 0 Å². The number of pyridine rings is 2. The van der Waals surface area contributed by atoms with Gasteiger partial charge in [-0.25, -0.2) is 9.97 Å². The van der Waals surface area contributed by atoms with Crippen LogP contribution in [0.2, 0.25) is 0 Å². The third-order valence-electron chi connectivity index (χ3n) is 8.48. The number of nitrogens with two attached hydrogens (primary N) is 1. The van der Waals surface area contributed by atoms with Crippen molar-refractivity contribution in [3.8, 4) is 16.9 Å². The van der Waals surface area contributed by atoms with Crippen molar-refractivity contribution < 1.29 is 9.59 Å². The zero-order valence-corrected chi connectivity index (χ0v) is 24.9. The molecule has 2 aliphatic rings. The fraction of sp³-hybridized carbons (Fsp3) is 0.353. The van der Waals surface area contributed by atoms with Crippen molar-refractivity contribution in [1.82, 2.24) is 29.7 Å². The molecule has 0 spiro atoms. The van der Waals surface area contributed by atoms with Crippen molar-refractivity contribution in [2.24, 2.45) is 0 Å². The number of benzene rings is 1. The number of nitrogens with one attached hydrogen (secondary N) is 1. The quantitative estimate of drug-likeness (QED) is 0.254. The highest BCUT2D eigenvalue weighted by atomic mass is 16.2. The number of likely N-dealkylation sites (tertiary alicyclic amines) is 1. The molecule has 2 fully saturated rings. The molecule has 1 saturated heterocycles. The molecular formula is C34H41N7O2. The molecule has 1 unspecified atom stereocenters. The predicted octanol–water partition coefficient (Wildman–Crippen LogP) is 4.39. The van der Waals surface area contributed by atoms with E-state index in [1.54, 1.807) is 6.20 Å². The summed E-state index contributed by atoms with van der Waals surface area (Å²) in [7, 11) is 1.91. The SMILES string of the molecule is C=CC(=O)N(CCNC)CCN1CCC(c2ccc(-n3c(-c4cccnc4N)cc4ccc(C5CC5)nc43)cc2)C1.C=O. The number of rotatable bonds is 11. The first-order valence-electron chi connectivity index (χ1n) is 15.0. The molecule has 224 valence electrons. The van der Waals surface area contributed by atoms with Crippen LogP contribution in [0.5, 0.6) is 0 Å². The van der Waals surface area contributed by atoms with Gasteiger partial charge < -0.3 is 25.6 Å². The van der Waals surface area contributed by atoms with E-state index >= 15 is 0 Å². The molecule has 4 heterocycles. The minimum absolute atomic E-state index is 0.00438. The summed E-state index contributed by atoms with van der Waals surface area (Å²) in [5.41, 5.74) is 12.8. The number of amides is 1. The van der Waals surface area contributed by atoms with E-state index in [0.717, 1.165) is 67.1 Å². The van der Waals surface area contributed by atoms with E-state index in [1.165, 1.54) is 30.2 Å². The topological polar surface area (TPSA) is 109 Å². The highest BCUT2D eigenvalue weighted by Gasteiger charge is 2.27. The minimum Gasteiger partial charge on any atom is -0.383 e. The predicted molar refractivity (Wildman–Crippen MR) is 172 cm³/mol. The van der Waals surface area contributed by atoms with Crippen LogP contribution in [0.1, 0.15) is 42.4 Å². The first-order chi connectivity index (χ1) is 21.1. The van der Waals surface area contributed by atoms with E-state index < -0.39 is 0 Å². The van der Waals surface area contributed by atoms with Crippen LogP contribution in [0.4, 0.5) is 5.82 Å². The van der Waals surface area contributed by atoms with Crippen molar-refractivity contribution in [3.05, 3.63) is 84.7 Å². The number of anilines is 1. The smallest absolute Gasteiger partial charge is 0.246 e. The Morgan fingerprint density at radius 3 is 2.58 bits per heavy atom. The average molecular weight is 580 g/mol. The second-order valence-electron chi connectivity index (χ2n) is 11.2. The minimum atomic E-state index is -0.00438. The van der Waals surface area contributed by atoms with Gasteiger partial charge in [0.25, 0.3) is 0 Å². The van der Waals surface area contributed by atoms with Crippen LogP contribution in [0.25, 0.3) is 28.0 Å². The Morgan fingerprint density at radius 1 is 1.09 bits per heavy atom. The number of carbonyl (C=O) groups is 2. The van der Waals surface area contributed by atoms with Crippen molar-refractivity contribution in [3.63, 3.8) is 0 Å². The summed E-state index contributed by atoms with van der Waals surface area (Å²) < 4.78 is 2.23. The maximum atomic E-state index is 12.3. The Kier molecular flexibility index (Phi) is 9.64. The largest absolute Gasteiger partial charge is 0.383 e. The van der Waals surface area contributed by atoms with Gasteiger partial charge in [-0.3, -0.25) is 9.36 Å². The molecule has 4 aromatic rings. The molecule has 0 bridgehead atoms. The lowest BCUT2D eigenvalue weighted by Crippen LogP contribution is -2.40. The lowest BCUT2D eigenvalue weighted by Gasteiger charge is -2.24. The third kappa shape index (κ3) is 6.68. The van der Waals surface area contributed by atoms with Gasteiger partial charge in [0.2, 0.25) is 5.91 Å². The van der Waals surface area contributed by atoms with Gasteiger partial charge in [-0.1, -0.05) is 18.7 Å². The molecule has 6 rings (SSSR count). The van der Waals surface area contributed by atoms with Gasteiger partial charge in [-0.2, -0.15) is 0 Å². The molecule has 1 aliphatic carbocycles. The highest BCUT2D eigenvalue weighted by molar-refractivity contribution is 5.89. The molecule has 3 N–H and O–H groups in total. The normalized spacial score (nSPS) is 16.5. The summed E-state index contributed by atoms with van der Waals surface area (Å²) in [4.78, 5) is 34.1. The Morgan fingerprint density at radius 2 is 1.88 bits per heavy atom. The van der Waals surface area contributed by atoms with E-state index in [4.69, 9.17) is 15.5 Å². The van der Waals surface area contributed by atoms with E-state index in [2.05, 4.69) is 68.8 Å². The number of likely N-dealkylation sites (N-methyl/N-ethyl adjacent to an activating group) is 1. The first-order valence-corrected chi connectivity index (χ1v) is 15.0. The van der Waals surface area contributed by atoms with Crippen LogP contribution >= 0.6 is 0 Å². The van der Waals surface area contributed by atoms with Gasteiger partial charge in [-0.15, -0.1) is 0 Å². The van der Waals surface area contributed by atoms with Crippen molar-refractivity contribution in [1.29, 1.82) is 0 Å². The number of aromatic nitrogens is 3. The first kappa shape index (κ1) is 30.1. The third-order valence-corrected chi connectivity index (χ3v) is 8.48. The van der Waals surface area contributed by atoms with Gasteiger partial charge in [-0.05, 0) is 92.9 Å². The van der Waals surface area contributed by atoms with E-state index in [-0.39, 0.29) is 5.91 Å². The van der Waals surface area contributed by atoms with Gasteiger partial charge in [0.15, 0.2) is 0 Å². The summed E-state index contributed by atoms with van der Waals surface area (Å²) >= 11 is 0. The number of hydrogen-bond acceptors (Lipinski definition) is 7. The Balaban J connectivity index is 0.00000180. The van der Waals surface area contributed by atoms with Gasteiger partial charge >= 0.3 is 0 Å². The average Bonchev–Trinajstić information content (AvgIpc) is 3.68. The molecular weight excluding hydrogens is 538 g/mol. The zero-order valence-electron chi connectivity index (χ0n) is 24.9. The zero-order chi connectivity index (χ0) is 30.3. The molecule has 9 nitrogen and oxygen atoms in total. The van der Waals surface area contributed by atoms with E-state index in [9.17, 15) is 4.79 Å². The molecule has 9 heteroatoms. The van der Waals surface area contributed by atoms with Gasteiger partial charge in [0, 0.05) is 67.2 Å². The maximum Gasteiger partial charge on any atom is 0.246 e. The number of nitrogens with zero attached hydrogens (tertiary/aromatic N) is 5. The van der Waals surface area contributed by atoms with Gasteiger partial charge in [0.05, 0.1) is 5.69 Å². The fourth-order valence-electron chi connectivity index (χ4n) is 5.97. The highest BCUT2D eigenvalue weighted by Crippen LogP contribution is 2.41. The molecule has 1 aromatic carbocycles. The second kappa shape index (κ2) is 13.8. The Hall–Kier alpha value is -4.34. The Bertz CT molecular complexity index is 1560. The fourth-order valence-corrected chi connectivity index (χ4v) is 5.97. The molecule has 1 saturated carbocycles. The van der Waals surface area contributed by atoms with Crippen molar-refractivity contribution >= 4 is 29.5 Å². The van der Waals surface area contributed by atoms with Crippen LogP contribution < -0.4 is 11.1 Å². The van der Waals surface area contributed by atoms with E-state index in [1.807, 2.05) is 30.9 Å². The summed E-state index contributed by atoms with van der Waals surface area (Å²) in [6.45, 7) is 10.8. The van der Waals surface area contributed by atoms with Crippen molar-refractivity contribution in [2.45, 2.75) is 31.1 Å². The van der Waals surface area contributed by atoms with Crippen LogP contribution in [0.3, 0.4) is 0 Å². The van der Waals surface area contributed by atoms with E-state index in [0.29, 0.717) is 24.2 Å². The summed E-state index contributed by atoms with van der Waals surface area (Å²) in [6.07, 6.45) is 6.68. The summed E-state index contributed by atoms with van der Waals surface area (Å²) in [5.74, 6) is 1.56. The monoisotopic (exact) mass is 579 g/mol. The number of fused-ring (bicyclic) bond motifs is 1. The maximum absolute atomic E-state index is 12.3. The number of hydrogen-bond donors (Lipinski definition) is 2. The summed E-state index contributed by atoms with van der Waals surface area (Å²) in [6, 6.07) is 19.4. The van der Waals surface area contributed by atoms with Crippen molar-refractivity contribution in [2.75, 3.05) is 52.0 Å². The molecule has 1 atom stereocenters. The Labute approximate surface area is 253 Å². The second-order valence-corrected chi connectivity index (χ2v) is 11.2. The summed E-state index contributed by atoms with van der Waals surface area (Å²) in [5, 5.41) is 4.23. The van der Waals surface area contributed by atoms with Crippen LogP contribution in [-0.4, -0.2) is 83.3 Å². The number of carbonyl (C=O) groups excluding carboxylic acids is 2. The standard InChI is InChI=1S/C33H39N7O.CH2O/c1-3-31(41)39(18-16-35-2)20-19-38-17-14-26(22-38)23-8-11-27(12-9-23)40-30(28-5-4-15-36-32(28)34)21-25-10-13-29(24-6-7-24)37-33(25)40;1-2/h3-5,8-13,15,21,24,26,35H,1,6-7,14,16-20,22H2,2H3,(H2,34,36);1H2. The lowest BCUT2D eigenvalue weighted by atomic mass is 9.98. The molecule has 43 heavy (non-hydrogen) atoms. The van der Waals surface area contributed by atoms with Crippen LogP contribution in [0.15, 0.2) is 73.4 Å². The van der Waals surface area contributed by atoms with Gasteiger partial charge in [0.1, 0.15) is 18.3 Å². The lowest BCUT2D eigenvalue weighted by molar-refractivity contribution is -0.126. The molecule has 3 aromatic heterocycles. The van der Waals surface area contributed by atoms with Crippen LogP contribution in [-0.2, 0) is 9.59 Å². The molecule has 0 radical (unpaired) electrons. The molecule has 1 amide bonds. The molecule has 1 aliphatic heterocycles. The number of nitrogen functional groups attached to an aromatic ring is 1.